The molecule has 0 aliphatic rings. The van der Waals surface area contributed by atoms with Gasteiger partial charge in [0.25, 0.3) is 0 Å². The number of allylic oxidation sites excluding steroid dienone is 6. The van der Waals surface area contributed by atoms with E-state index >= 15 is 0 Å². The first kappa shape index (κ1) is 27.8. The molecule has 2 nitrogen and oxygen atoms in total. The largest absolute Gasteiger partial charge is 0.413 e. The molecule has 0 aromatic heterocycles. The lowest BCUT2D eigenvalue weighted by Gasteiger charge is -2.40. The summed E-state index contributed by atoms with van der Waals surface area (Å²) < 4.78 is 13.7. The second kappa shape index (κ2) is 14.7. The lowest BCUT2D eigenvalue weighted by Crippen LogP contribution is -2.47. The van der Waals surface area contributed by atoms with Crippen LogP contribution in [0.1, 0.15) is 27.2 Å². The summed E-state index contributed by atoms with van der Waals surface area (Å²) in [7, 11) is -4.07. The Labute approximate surface area is 183 Å². The van der Waals surface area contributed by atoms with Crippen LogP contribution in [0.3, 0.4) is 0 Å². The van der Waals surface area contributed by atoms with Crippen molar-refractivity contribution in [1.29, 1.82) is 0 Å². The monoisotopic (exact) mass is 432 g/mol. The van der Waals surface area contributed by atoms with Crippen molar-refractivity contribution in [2.75, 3.05) is 0 Å². The minimum absolute atomic E-state index is 0.101. The Morgan fingerprint density at radius 2 is 0.828 bits per heavy atom. The quantitative estimate of drug-likeness (QED) is 0.153. The van der Waals surface area contributed by atoms with Crippen molar-refractivity contribution in [2.24, 2.45) is 5.92 Å². The fourth-order valence-corrected chi connectivity index (χ4v) is 11.0. The van der Waals surface area contributed by atoms with Crippen LogP contribution in [0.5, 0.6) is 0 Å². The van der Waals surface area contributed by atoms with Gasteiger partial charge in [-0.05, 0) is 56.5 Å². The van der Waals surface area contributed by atoms with E-state index in [4.69, 9.17) is 8.85 Å². The van der Waals surface area contributed by atoms with Crippen molar-refractivity contribution in [2.45, 2.75) is 75.7 Å². The van der Waals surface area contributed by atoms with Gasteiger partial charge in [0.1, 0.15) is 0 Å². The molecule has 0 N–H and O–H groups in total. The topological polar surface area (TPSA) is 18.5 Å². The zero-order valence-electron chi connectivity index (χ0n) is 19.2. The Morgan fingerprint density at radius 3 is 1.00 bits per heavy atom. The van der Waals surface area contributed by atoms with Crippen molar-refractivity contribution in [1.82, 2.24) is 0 Å². The van der Waals surface area contributed by atoms with E-state index in [1.165, 1.54) is 0 Å². The fraction of sp³-hybridized carbons (Fsp3) is 0.520. The molecule has 164 valence electrons. The molecule has 0 aliphatic heterocycles. The third-order valence-electron chi connectivity index (χ3n) is 5.65. The van der Waals surface area contributed by atoms with Gasteiger partial charge in [-0.2, -0.15) is 0 Å². The maximum absolute atomic E-state index is 6.83. The highest BCUT2D eigenvalue weighted by Crippen LogP contribution is 2.33. The standard InChI is InChI=1S/C25H44O2Si2/c1-10-17-28(18-11-2,19-12-3)26-23(8)25(16-7)24(9)27-29(20-13-4,21-14-5)22-15-6/h10-15,23-25H,1-6,16-22H2,7-9H3. The molecule has 0 saturated carbocycles. The zero-order valence-corrected chi connectivity index (χ0v) is 21.2. The highest BCUT2D eigenvalue weighted by molar-refractivity contribution is 6.75. The summed E-state index contributed by atoms with van der Waals surface area (Å²) in [5, 5.41) is 0. The van der Waals surface area contributed by atoms with Gasteiger partial charge in [0.2, 0.25) is 16.6 Å². The Balaban J connectivity index is 5.60. The van der Waals surface area contributed by atoms with Crippen LogP contribution in [0, 0.1) is 5.92 Å². The molecule has 4 heteroatoms. The average Bonchev–Trinajstić information content (AvgIpc) is 2.63. The highest BCUT2D eigenvalue weighted by Gasteiger charge is 2.39. The lowest BCUT2D eigenvalue weighted by molar-refractivity contribution is 0.0462. The normalized spacial score (nSPS) is 15.0. The van der Waals surface area contributed by atoms with Crippen LogP contribution in [0.2, 0.25) is 36.3 Å². The first-order valence-corrected chi connectivity index (χ1v) is 15.9. The predicted molar refractivity (Wildman–Crippen MR) is 136 cm³/mol. The smallest absolute Gasteiger partial charge is 0.204 e. The molecule has 0 amide bonds. The summed E-state index contributed by atoms with van der Waals surface area (Å²) in [6.07, 6.45) is 13.1. The van der Waals surface area contributed by atoms with Crippen LogP contribution in [-0.2, 0) is 8.85 Å². The molecule has 0 aromatic carbocycles. The molecule has 0 heterocycles. The van der Waals surface area contributed by atoms with Crippen LogP contribution in [-0.4, -0.2) is 28.8 Å². The Kier molecular flexibility index (Phi) is 14.1. The van der Waals surface area contributed by atoms with Crippen LogP contribution < -0.4 is 0 Å². The van der Waals surface area contributed by atoms with Crippen LogP contribution >= 0.6 is 0 Å². The van der Waals surface area contributed by atoms with Crippen molar-refractivity contribution in [3.8, 4) is 0 Å². The first-order chi connectivity index (χ1) is 13.8. The summed E-state index contributed by atoms with van der Waals surface area (Å²) in [4.78, 5) is 0. The first-order valence-electron chi connectivity index (χ1n) is 10.8. The maximum Gasteiger partial charge on any atom is 0.204 e. The van der Waals surface area contributed by atoms with Crippen molar-refractivity contribution in [3.05, 3.63) is 75.9 Å². The molecule has 0 spiro atoms. The zero-order chi connectivity index (χ0) is 22.3. The predicted octanol–water partition coefficient (Wildman–Crippen LogP) is 7.83. The molecule has 0 rings (SSSR count). The van der Waals surface area contributed by atoms with E-state index in [9.17, 15) is 0 Å². The maximum atomic E-state index is 6.83. The molecule has 2 atom stereocenters. The van der Waals surface area contributed by atoms with Gasteiger partial charge >= 0.3 is 0 Å². The van der Waals surface area contributed by atoms with E-state index in [1.807, 2.05) is 36.5 Å². The van der Waals surface area contributed by atoms with E-state index in [-0.39, 0.29) is 12.2 Å². The Morgan fingerprint density at radius 1 is 0.586 bits per heavy atom. The second-order valence-corrected chi connectivity index (χ2v) is 15.7. The molecule has 0 aromatic rings. The molecular weight excluding hydrogens is 388 g/mol. The van der Waals surface area contributed by atoms with E-state index in [2.05, 4.69) is 60.2 Å². The molecule has 0 saturated heterocycles. The Bertz CT molecular complexity index is 442. The third kappa shape index (κ3) is 8.99. The molecule has 0 bridgehead atoms. The van der Waals surface area contributed by atoms with Gasteiger partial charge < -0.3 is 8.85 Å². The SMILES string of the molecule is C=CC[Si](CC=C)(CC=C)OC(C)C(CC)C(C)O[Si](CC=C)(CC=C)CC=C. The summed E-state index contributed by atoms with van der Waals surface area (Å²) in [6, 6.07) is 5.44. The van der Waals surface area contributed by atoms with E-state index in [0.29, 0.717) is 5.92 Å². The van der Waals surface area contributed by atoms with E-state index in [1.54, 1.807) is 0 Å². The summed E-state index contributed by atoms with van der Waals surface area (Å²) in [5.74, 6) is 0.313. The minimum atomic E-state index is -2.03. The minimum Gasteiger partial charge on any atom is -0.413 e. The van der Waals surface area contributed by atoms with Gasteiger partial charge in [0.05, 0.1) is 0 Å². The molecule has 0 fully saturated rings. The molecule has 0 aliphatic carbocycles. The van der Waals surface area contributed by atoms with Crippen LogP contribution in [0.25, 0.3) is 0 Å². The molecule has 0 radical (unpaired) electrons. The average molecular weight is 433 g/mol. The number of rotatable bonds is 19. The lowest BCUT2D eigenvalue weighted by atomic mass is 9.95. The molecule has 29 heavy (non-hydrogen) atoms. The second-order valence-electron chi connectivity index (χ2n) is 8.04. The van der Waals surface area contributed by atoms with Crippen molar-refractivity contribution < 1.29 is 8.85 Å². The summed E-state index contributed by atoms with van der Waals surface area (Å²) in [5.41, 5.74) is 0. The van der Waals surface area contributed by atoms with Crippen LogP contribution in [0.4, 0.5) is 0 Å². The third-order valence-corrected chi connectivity index (χ3v) is 13.6. The summed E-state index contributed by atoms with van der Waals surface area (Å²) in [6.45, 7) is 30.4. The molecule has 2 unspecified atom stereocenters. The molecular formula is C25H44O2Si2. The van der Waals surface area contributed by atoms with Gasteiger partial charge in [0.15, 0.2) is 0 Å². The van der Waals surface area contributed by atoms with Crippen molar-refractivity contribution >= 4 is 16.6 Å². The fourth-order valence-electron chi connectivity index (χ4n) is 4.38. The van der Waals surface area contributed by atoms with Gasteiger partial charge in [-0.3, -0.25) is 0 Å². The number of hydrogen-bond donors (Lipinski definition) is 0. The van der Waals surface area contributed by atoms with E-state index < -0.39 is 16.6 Å². The number of hydrogen-bond acceptors (Lipinski definition) is 2. The van der Waals surface area contributed by atoms with Gasteiger partial charge in [-0.25, -0.2) is 0 Å². The highest BCUT2D eigenvalue weighted by atomic mass is 28.4. The summed E-state index contributed by atoms with van der Waals surface area (Å²) >= 11 is 0. The van der Waals surface area contributed by atoms with Gasteiger partial charge in [-0.1, -0.05) is 43.4 Å². The van der Waals surface area contributed by atoms with Crippen LogP contribution in [0.15, 0.2) is 75.9 Å². The Hall–Kier alpha value is -1.21. The van der Waals surface area contributed by atoms with E-state index in [0.717, 1.165) is 42.7 Å². The van der Waals surface area contributed by atoms with Gasteiger partial charge in [0, 0.05) is 18.1 Å². The van der Waals surface area contributed by atoms with Crippen molar-refractivity contribution in [3.63, 3.8) is 0 Å². The van der Waals surface area contributed by atoms with Gasteiger partial charge in [-0.15, -0.1) is 39.5 Å².